The van der Waals surface area contributed by atoms with Gasteiger partial charge in [0, 0.05) is 12.1 Å². The van der Waals surface area contributed by atoms with Gasteiger partial charge in [-0.2, -0.15) is 0 Å². The van der Waals surface area contributed by atoms with Crippen molar-refractivity contribution in [2.45, 2.75) is 38.8 Å². The molecule has 0 bridgehead atoms. The molecule has 1 fully saturated rings. The van der Waals surface area contributed by atoms with Crippen LogP contribution in [0.4, 0.5) is 0 Å². The summed E-state index contributed by atoms with van der Waals surface area (Å²) in [6.07, 6.45) is 1.80. The van der Waals surface area contributed by atoms with Crippen molar-refractivity contribution in [1.29, 1.82) is 0 Å². The number of aryl methyl sites for hydroxylation is 1. The number of nitrogens with zero attached hydrogens (tertiary/aromatic N) is 1. The van der Waals surface area contributed by atoms with Crippen molar-refractivity contribution in [1.82, 2.24) is 4.90 Å². The molecule has 5 heteroatoms. The summed E-state index contributed by atoms with van der Waals surface area (Å²) in [6, 6.07) is 1.86. The van der Waals surface area contributed by atoms with Crippen LogP contribution in [-0.2, 0) is 11.3 Å². The van der Waals surface area contributed by atoms with Crippen LogP contribution in [0.25, 0.3) is 0 Å². The number of furan rings is 1. The smallest absolute Gasteiger partial charge is 0.374 e. The molecule has 1 aromatic heterocycles. The average Bonchev–Trinajstić information content (AvgIpc) is 2.68. The Kier molecular flexibility index (Phi) is 3.96. The molecule has 19 heavy (non-hydrogen) atoms. The van der Waals surface area contributed by atoms with E-state index >= 15 is 0 Å². The molecule has 0 amide bonds. The van der Waals surface area contributed by atoms with Crippen LogP contribution in [0.3, 0.4) is 0 Å². The number of rotatable bonds is 3. The third-order valence-electron chi connectivity index (χ3n) is 3.47. The Labute approximate surface area is 113 Å². The molecular formula is C14H21NO4. The Morgan fingerprint density at radius 3 is 3.00 bits per heavy atom. The van der Waals surface area contributed by atoms with Crippen LogP contribution in [-0.4, -0.2) is 41.8 Å². The SMILES string of the molecule is COC(=O)c1oc(CN2CCCC(C)(O)C2)cc1C. The highest BCUT2D eigenvalue weighted by Crippen LogP contribution is 2.23. The topological polar surface area (TPSA) is 62.9 Å². The minimum absolute atomic E-state index is 0.265. The van der Waals surface area contributed by atoms with Gasteiger partial charge in [-0.3, -0.25) is 4.90 Å². The van der Waals surface area contributed by atoms with Crippen molar-refractivity contribution in [2.75, 3.05) is 20.2 Å². The van der Waals surface area contributed by atoms with Gasteiger partial charge in [-0.25, -0.2) is 4.79 Å². The minimum Gasteiger partial charge on any atom is -0.463 e. The lowest BCUT2D eigenvalue weighted by molar-refractivity contribution is -0.0200. The molecule has 1 aliphatic heterocycles. The molecule has 0 saturated carbocycles. The maximum atomic E-state index is 11.5. The molecular weight excluding hydrogens is 246 g/mol. The first-order chi connectivity index (χ1) is 8.91. The Morgan fingerprint density at radius 1 is 1.63 bits per heavy atom. The van der Waals surface area contributed by atoms with E-state index in [-0.39, 0.29) is 5.76 Å². The van der Waals surface area contributed by atoms with Crippen LogP contribution >= 0.6 is 0 Å². The first-order valence-electron chi connectivity index (χ1n) is 6.54. The lowest BCUT2D eigenvalue weighted by atomic mass is 9.95. The van der Waals surface area contributed by atoms with Gasteiger partial charge in [-0.1, -0.05) is 0 Å². The number of carbonyl (C=O) groups excluding carboxylic acids is 1. The molecule has 1 saturated heterocycles. The highest BCUT2D eigenvalue weighted by Gasteiger charge is 2.29. The van der Waals surface area contributed by atoms with Crippen molar-refractivity contribution >= 4 is 5.97 Å². The number of methoxy groups -OCH3 is 1. The summed E-state index contributed by atoms with van der Waals surface area (Å²) in [7, 11) is 1.34. The van der Waals surface area contributed by atoms with Gasteiger partial charge >= 0.3 is 5.97 Å². The quantitative estimate of drug-likeness (QED) is 0.845. The third kappa shape index (κ3) is 3.36. The summed E-state index contributed by atoms with van der Waals surface area (Å²) in [5, 5.41) is 10.1. The van der Waals surface area contributed by atoms with Crippen LogP contribution in [0.5, 0.6) is 0 Å². The van der Waals surface area contributed by atoms with Gasteiger partial charge in [0.1, 0.15) is 5.76 Å². The normalized spacial score (nSPS) is 24.4. The predicted octanol–water partition coefficient (Wildman–Crippen LogP) is 1.72. The van der Waals surface area contributed by atoms with E-state index in [0.717, 1.165) is 30.7 Å². The van der Waals surface area contributed by atoms with Crippen molar-refractivity contribution in [3.63, 3.8) is 0 Å². The Hall–Kier alpha value is -1.33. The number of likely N-dealkylation sites (tertiary alicyclic amines) is 1. The summed E-state index contributed by atoms with van der Waals surface area (Å²) in [5.41, 5.74) is 0.149. The number of esters is 1. The molecule has 0 aromatic carbocycles. The molecule has 0 spiro atoms. The zero-order valence-electron chi connectivity index (χ0n) is 11.7. The number of carbonyl (C=O) groups is 1. The zero-order valence-corrected chi connectivity index (χ0v) is 11.7. The van der Waals surface area contributed by atoms with Gasteiger partial charge in [0.25, 0.3) is 0 Å². The van der Waals surface area contributed by atoms with Gasteiger partial charge in [-0.15, -0.1) is 0 Å². The minimum atomic E-state index is -0.634. The summed E-state index contributed by atoms with van der Waals surface area (Å²) in [5.74, 6) is 0.547. The average molecular weight is 267 g/mol. The first kappa shape index (κ1) is 14.1. The van der Waals surface area contributed by atoms with E-state index < -0.39 is 11.6 Å². The van der Waals surface area contributed by atoms with E-state index in [1.807, 2.05) is 19.9 Å². The molecule has 106 valence electrons. The van der Waals surface area contributed by atoms with E-state index in [2.05, 4.69) is 9.64 Å². The second-order valence-corrected chi connectivity index (χ2v) is 5.53. The summed E-state index contributed by atoms with van der Waals surface area (Å²) in [4.78, 5) is 13.6. The third-order valence-corrected chi connectivity index (χ3v) is 3.47. The summed E-state index contributed by atoms with van der Waals surface area (Å²) < 4.78 is 10.2. The van der Waals surface area contributed by atoms with Crippen LogP contribution in [0.2, 0.25) is 0 Å². The van der Waals surface area contributed by atoms with Crippen molar-refractivity contribution in [3.05, 3.63) is 23.2 Å². The zero-order chi connectivity index (χ0) is 14.0. The number of ether oxygens (including phenoxy) is 1. The van der Waals surface area contributed by atoms with Crippen LogP contribution in [0, 0.1) is 6.92 Å². The fourth-order valence-corrected chi connectivity index (χ4v) is 2.60. The van der Waals surface area contributed by atoms with Gasteiger partial charge in [0.05, 0.1) is 19.3 Å². The van der Waals surface area contributed by atoms with E-state index in [1.165, 1.54) is 7.11 Å². The highest BCUT2D eigenvalue weighted by atomic mass is 16.5. The number of hydrogen-bond donors (Lipinski definition) is 1. The molecule has 1 atom stereocenters. The maximum absolute atomic E-state index is 11.5. The van der Waals surface area contributed by atoms with E-state index in [0.29, 0.717) is 13.1 Å². The maximum Gasteiger partial charge on any atom is 0.374 e. The molecule has 1 unspecified atom stereocenters. The molecule has 1 aliphatic rings. The van der Waals surface area contributed by atoms with Gasteiger partial charge < -0.3 is 14.3 Å². The Balaban J connectivity index is 2.05. The number of hydrogen-bond acceptors (Lipinski definition) is 5. The Morgan fingerprint density at radius 2 is 2.37 bits per heavy atom. The van der Waals surface area contributed by atoms with Crippen LogP contribution in [0.1, 0.15) is 41.6 Å². The first-order valence-corrected chi connectivity index (χ1v) is 6.54. The second-order valence-electron chi connectivity index (χ2n) is 5.53. The van der Waals surface area contributed by atoms with Gasteiger partial charge in [0.2, 0.25) is 5.76 Å². The lowest BCUT2D eigenvalue weighted by Crippen LogP contribution is -2.45. The molecule has 2 heterocycles. The summed E-state index contributed by atoms with van der Waals surface area (Å²) in [6.45, 7) is 5.84. The Bertz CT molecular complexity index is 464. The lowest BCUT2D eigenvalue weighted by Gasteiger charge is -2.36. The second kappa shape index (κ2) is 5.35. The fraction of sp³-hybridized carbons (Fsp3) is 0.643. The van der Waals surface area contributed by atoms with Crippen molar-refractivity contribution in [2.24, 2.45) is 0 Å². The standard InChI is InChI=1S/C14H21NO4/c1-10-7-11(19-12(10)13(16)18-3)8-15-6-4-5-14(2,17)9-15/h7,17H,4-6,8-9H2,1-3H3. The van der Waals surface area contributed by atoms with Gasteiger partial charge in [-0.05, 0) is 39.3 Å². The fourth-order valence-electron chi connectivity index (χ4n) is 2.60. The largest absolute Gasteiger partial charge is 0.463 e. The molecule has 1 N–H and O–H groups in total. The molecule has 0 aliphatic carbocycles. The monoisotopic (exact) mass is 267 g/mol. The number of aliphatic hydroxyl groups is 1. The van der Waals surface area contributed by atoms with E-state index in [9.17, 15) is 9.90 Å². The molecule has 2 rings (SSSR count). The molecule has 5 nitrogen and oxygen atoms in total. The highest BCUT2D eigenvalue weighted by molar-refractivity contribution is 5.87. The van der Waals surface area contributed by atoms with E-state index in [1.54, 1.807) is 0 Å². The van der Waals surface area contributed by atoms with Crippen molar-refractivity contribution < 1.29 is 19.1 Å². The number of β-amino-alcohol motifs (C(OH)–C–C–N with tert-alkyl or cyclic N) is 1. The molecule has 0 radical (unpaired) electrons. The van der Waals surface area contributed by atoms with Gasteiger partial charge in [0.15, 0.2) is 0 Å². The van der Waals surface area contributed by atoms with Crippen molar-refractivity contribution in [3.8, 4) is 0 Å². The van der Waals surface area contributed by atoms with Crippen LogP contribution in [0.15, 0.2) is 10.5 Å². The summed E-state index contributed by atoms with van der Waals surface area (Å²) >= 11 is 0. The van der Waals surface area contributed by atoms with Crippen LogP contribution < -0.4 is 0 Å². The predicted molar refractivity (Wildman–Crippen MR) is 69.9 cm³/mol. The number of piperidine rings is 1. The van der Waals surface area contributed by atoms with E-state index in [4.69, 9.17) is 4.42 Å². The molecule has 1 aromatic rings.